The Morgan fingerprint density at radius 2 is 1.60 bits per heavy atom. The molecule has 150 valence electrons. The van der Waals surface area contributed by atoms with E-state index in [0.717, 1.165) is 38.2 Å². The summed E-state index contributed by atoms with van der Waals surface area (Å²) in [7, 11) is 0. The number of nitrogens with zero attached hydrogens (tertiary/aromatic N) is 1. The summed E-state index contributed by atoms with van der Waals surface area (Å²) in [5, 5.41) is 7.44. The summed E-state index contributed by atoms with van der Waals surface area (Å²) in [6.45, 7) is 3.22. The molecule has 0 unspecified atom stereocenters. The van der Waals surface area contributed by atoms with Gasteiger partial charge < -0.3 is 10.2 Å². The van der Waals surface area contributed by atoms with Gasteiger partial charge in [-0.25, -0.2) is 0 Å². The standard InChI is InChI=1S/C26H23ClN2O/c1-19-6-8-21(9-7-19)18-30-26-15-12-22-4-2-3-5-24(22)25(26)17-29-28-16-20-10-13-23(27)14-11-20/h2-15,17,28H,16,18H2,1H3/b29-17-. The monoisotopic (exact) mass is 414 g/mol. The Balaban J connectivity index is 1.53. The summed E-state index contributed by atoms with van der Waals surface area (Å²) in [6, 6.07) is 28.5. The minimum atomic E-state index is 0.512. The van der Waals surface area contributed by atoms with Crippen LogP contribution < -0.4 is 10.2 Å². The maximum Gasteiger partial charge on any atom is 0.129 e. The molecule has 4 heteroatoms. The van der Waals surface area contributed by atoms with Gasteiger partial charge in [-0.15, -0.1) is 0 Å². The molecule has 0 aliphatic rings. The smallest absolute Gasteiger partial charge is 0.129 e. The van der Waals surface area contributed by atoms with Crippen LogP contribution in [0.5, 0.6) is 5.75 Å². The largest absolute Gasteiger partial charge is 0.488 e. The molecular weight excluding hydrogens is 392 g/mol. The second-order valence-electron chi connectivity index (χ2n) is 7.19. The minimum Gasteiger partial charge on any atom is -0.488 e. The third kappa shape index (κ3) is 5.00. The zero-order chi connectivity index (χ0) is 20.8. The van der Waals surface area contributed by atoms with Crippen LogP contribution >= 0.6 is 11.6 Å². The van der Waals surface area contributed by atoms with Gasteiger partial charge in [-0.05, 0) is 47.0 Å². The highest BCUT2D eigenvalue weighted by atomic mass is 35.5. The molecule has 30 heavy (non-hydrogen) atoms. The summed E-state index contributed by atoms with van der Waals surface area (Å²) < 4.78 is 6.17. The van der Waals surface area contributed by atoms with E-state index >= 15 is 0 Å². The van der Waals surface area contributed by atoms with Gasteiger partial charge in [-0.1, -0.05) is 83.9 Å². The molecule has 3 nitrogen and oxygen atoms in total. The molecule has 0 spiro atoms. The predicted octanol–water partition coefficient (Wildman–Crippen LogP) is 6.50. The molecule has 0 aliphatic carbocycles. The van der Waals surface area contributed by atoms with Gasteiger partial charge in [0, 0.05) is 10.6 Å². The fourth-order valence-corrected chi connectivity index (χ4v) is 3.36. The van der Waals surface area contributed by atoms with Crippen molar-refractivity contribution in [3.8, 4) is 5.75 Å². The molecule has 0 atom stereocenters. The lowest BCUT2D eigenvalue weighted by Crippen LogP contribution is -2.06. The highest BCUT2D eigenvalue weighted by Crippen LogP contribution is 2.27. The molecule has 4 aromatic carbocycles. The Hall–Kier alpha value is -3.30. The van der Waals surface area contributed by atoms with Gasteiger partial charge in [0.1, 0.15) is 12.4 Å². The SMILES string of the molecule is Cc1ccc(COc2ccc3ccccc3c2/C=N\NCc2ccc(Cl)cc2)cc1. The van der Waals surface area contributed by atoms with Crippen molar-refractivity contribution in [2.24, 2.45) is 5.10 Å². The summed E-state index contributed by atoms with van der Waals surface area (Å²) >= 11 is 5.94. The van der Waals surface area contributed by atoms with Crippen molar-refractivity contribution >= 4 is 28.6 Å². The molecule has 0 aliphatic heterocycles. The van der Waals surface area contributed by atoms with E-state index in [0.29, 0.717) is 13.2 Å². The van der Waals surface area contributed by atoms with E-state index < -0.39 is 0 Å². The molecule has 0 aromatic heterocycles. The topological polar surface area (TPSA) is 33.6 Å². The number of halogens is 1. The van der Waals surface area contributed by atoms with E-state index in [1.54, 1.807) is 0 Å². The zero-order valence-corrected chi connectivity index (χ0v) is 17.6. The Labute approximate surface area is 182 Å². The van der Waals surface area contributed by atoms with Crippen LogP contribution in [0.3, 0.4) is 0 Å². The normalized spacial score (nSPS) is 11.1. The third-order valence-corrected chi connectivity index (χ3v) is 5.18. The fourth-order valence-electron chi connectivity index (χ4n) is 3.23. The number of hydrogen-bond acceptors (Lipinski definition) is 3. The first-order valence-corrected chi connectivity index (χ1v) is 10.3. The average molecular weight is 415 g/mol. The van der Waals surface area contributed by atoms with Gasteiger partial charge in [0.05, 0.1) is 12.8 Å². The number of hydrogen-bond donors (Lipinski definition) is 1. The van der Waals surface area contributed by atoms with Crippen molar-refractivity contribution in [1.82, 2.24) is 5.43 Å². The minimum absolute atomic E-state index is 0.512. The van der Waals surface area contributed by atoms with E-state index in [9.17, 15) is 0 Å². The molecule has 0 heterocycles. The van der Waals surface area contributed by atoms with Crippen molar-refractivity contribution in [2.75, 3.05) is 0 Å². The van der Waals surface area contributed by atoms with Crippen LogP contribution in [0.4, 0.5) is 0 Å². The Morgan fingerprint density at radius 3 is 2.40 bits per heavy atom. The summed E-state index contributed by atoms with van der Waals surface area (Å²) in [6.07, 6.45) is 1.84. The van der Waals surface area contributed by atoms with Crippen molar-refractivity contribution in [3.63, 3.8) is 0 Å². The van der Waals surface area contributed by atoms with Crippen LogP contribution in [-0.4, -0.2) is 6.21 Å². The maximum absolute atomic E-state index is 6.17. The fraction of sp³-hybridized carbons (Fsp3) is 0.115. The number of rotatable bonds is 7. The van der Waals surface area contributed by atoms with Gasteiger partial charge in [0.25, 0.3) is 0 Å². The summed E-state index contributed by atoms with van der Waals surface area (Å²) in [5.41, 5.74) is 7.57. The van der Waals surface area contributed by atoms with Crippen molar-refractivity contribution in [1.29, 1.82) is 0 Å². The quantitative estimate of drug-likeness (QED) is 0.276. The zero-order valence-electron chi connectivity index (χ0n) is 16.8. The Morgan fingerprint density at radius 1 is 0.867 bits per heavy atom. The lowest BCUT2D eigenvalue weighted by Gasteiger charge is -2.12. The van der Waals surface area contributed by atoms with Gasteiger partial charge in [-0.3, -0.25) is 0 Å². The van der Waals surface area contributed by atoms with E-state index in [2.05, 4.69) is 59.9 Å². The maximum atomic E-state index is 6.17. The van der Waals surface area contributed by atoms with E-state index in [-0.39, 0.29) is 0 Å². The number of benzene rings is 4. The van der Waals surface area contributed by atoms with Crippen molar-refractivity contribution < 1.29 is 4.74 Å². The number of fused-ring (bicyclic) bond motifs is 1. The van der Waals surface area contributed by atoms with E-state index in [4.69, 9.17) is 16.3 Å². The average Bonchev–Trinajstić information content (AvgIpc) is 2.78. The number of aryl methyl sites for hydroxylation is 1. The van der Waals surface area contributed by atoms with Crippen LogP contribution in [0.2, 0.25) is 5.02 Å². The second-order valence-corrected chi connectivity index (χ2v) is 7.63. The second kappa shape index (κ2) is 9.47. The molecule has 0 fully saturated rings. The molecule has 1 N–H and O–H groups in total. The van der Waals surface area contributed by atoms with Crippen LogP contribution in [0, 0.1) is 6.92 Å². The van der Waals surface area contributed by atoms with Gasteiger partial charge in [0.15, 0.2) is 0 Å². The predicted molar refractivity (Wildman–Crippen MR) is 125 cm³/mol. The van der Waals surface area contributed by atoms with E-state index in [1.165, 1.54) is 5.56 Å². The first-order chi connectivity index (χ1) is 14.7. The van der Waals surface area contributed by atoms with Crippen LogP contribution in [0.15, 0.2) is 90.0 Å². The molecule has 4 aromatic rings. The molecule has 0 radical (unpaired) electrons. The highest BCUT2D eigenvalue weighted by Gasteiger charge is 2.08. The molecule has 0 saturated carbocycles. The van der Waals surface area contributed by atoms with Crippen molar-refractivity contribution in [2.45, 2.75) is 20.1 Å². The lowest BCUT2D eigenvalue weighted by atomic mass is 10.0. The molecule has 0 bridgehead atoms. The molecule has 0 saturated heterocycles. The highest BCUT2D eigenvalue weighted by molar-refractivity contribution is 6.30. The number of nitrogens with one attached hydrogen (secondary N) is 1. The number of ether oxygens (including phenoxy) is 1. The van der Waals surface area contributed by atoms with Crippen LogP contribution in [0.1, 0.15) is 22.3 Å². The summed E-state index contributed by atoms with van der Waals surface area (Å²) in [4.78, 5) is 0. The molecular formula is C26H23ClN2O. The molecule has 0 amide bonds. The lowest BCUT2D eigenvalue weighted by molar-refractivity contribution is 0.306. The number of hydrazone groups is 1. The molecule has 4 rings (SSSR count). The van der Waals surface area contributed by atoms with Gasteiger partial charge in [0.2, 0.25) is 0 Å². The van der Waals surface area contributed by atoms with Crippen LogP contribution in [-0.2, 0) is 13.2 Å². The Bertz CT molecular complexity index is 1150. The van der Waals surface area contributed by atoms with Crippen LogP contribution in [0.25, 0.3) is 10.8 Å². The van der Waals surface area contributed by atoms with Gasteiger partial charge >= 0.3 is 0 Å². The van der Waals surface area contributed by atoms with Gasteiger partial charge in [-0.2, -0.15) is 5.10 Å². The van der Waals surface area contributed by atoms with Crippen molar-refractivity contribution in [3.05, 3.63) is 112 Å². The Kier molecular flexibility index (Phi) is 6.31. The third-order valence-electron chi connectivity index (χ3n) is 4.93. The summed E-state index contributed by atoms with van der Waals surface area (Å²) in [5.74, 6) is 0.811. The van der Waals surface area contributed by atoms with E-state index in [1.807, 2.05) is 48.7 Å². The first kappa shape index (κ1) is 20.0. The first-order valence-electron chi connectivity index (χ1n) is 9.89.